The minimum Gasteiger partial charge on any atom is -0.389 e. The van der Waals surface area contributed by atoms with Gasteiger partial charge < -0.3 is 10.5 Å². The van der Waals surface area contributed by atoms with Gasteiger partial charge in [-0.2, -0.15) is 4.37 Å². The first kappa shape index (κ1) is 8.93. The summed E-state index contributed by atoms with van der Waals surface area (Å²) in [5.41, 5.74) is 6.67. The van der Waals surface area contributed by atoms with Crippen LogP contribution in [0.1, 0.15) is 5.69 Å². The number of anilines is 1. The van der Waals surface area contributed by atoms with E-state index in [1.165, 1.54) is 11.5 Å². The quantitative estimate of drug-likeness (QED) is 0.756. The molecule has 0 aliphatic carbocycles. The first-order chi connectivity index (χ1) is 6.34. The van der Waals surface area contributed by atoms with E-state index in [-0.39, 0.29) is 0 Å². The van der Waals surface area contributed by atoms with Crippen LogP contribution in [-0.2, 0) is 11.3 Å². The van der Waals surface area contributed by atoms with Crippen LogP contribution < -0.4 is 5.73 Å². The van der Waals surface area contributed by atoms with E-state index < -0.39 is 0 Å². The van der Waals surface area contributed by atoms with E-state index in [1.807, 2.05) is 6.07 Å². The molecule has 0 saturated carbocycles. The summed E-state index contributed by atoms with van der Waals surface area (Å²) in [5.74, 6) is 0. The highest BCUT2D eigenvalue weighted by Crippen LogP contribution is 2.13. The smallest absolute Gasteiger partial charge is 0.107 e. The fourth-order valence-corrected chi connectivity index (χ4v) is 1.91. The lowest BCUT2D eigenvalue weighted by molar-refractivity contribution is 0.0338. The van der Waals surface area contributed by atoms with Crippen LogP contribution in [0.15, 0.2) is 6.07 Å². The lowest BCUT2D eigenvalue weighted by atomic mass is 10.3. The zero-order chi connectivity index (χ0) is 9.10. The minimum absolute atomic E-state index is 0.795. The molecule has 1 aliphatic heterocycles. The molecule has 13 heavy (non-hydrogen) atoms. The molecule has 4 nitrogen and oxygen atoms in total. The molecule has 0 bridgehead atoms. The maximum absolute atomic E-state index is 5.60. The van der Waals surface area contributed by atoms with Crippen LogP contribution in [0.3, 0.4) is 0 Å². The number of hydrogen-bond donors (Lipinski definition) is 1. The van der Waals surface area contributed by atoms with Crippen LogP contribution in [0.4, 0.5) is 5.00 Å². The van der Waals surface area contributed by atoms with Crippen molar-refractivity contribution in [1.82, 2.24) is 9.27 Å². The van der Waals surface area contributed by atoms with Crippen LogP contribution in [0.25, 0.3) is 0 Å². The molecular formula is C8H13N3OS. The number of hydrogen-bond acceptors (Lipinski definition) is 5. The second kappa shape index (κ2) is 4.04. The Bertz CT molecular complexity index is 270. The van der Waals surface area contributed by atoms with Crippen LogP contribution in [0.5, 0.6) is 0 Å². The standard InChI is InChI=1S/C8H13N3OS/c9-8-5-7(10-13-8)6-11-1-3-12-4-2-11/h5H,1-4,6,9H2. The molecule has 0 spiro atoms. The fraction of sp³-hybridized carbons (Fsp3) is 0.625. The molecule has 5 heteroatoms. The maximum atomic E-state index is 5.60. The number of ether oxygens (including phenoxy) is 1. The molecule has 0 amide bonds. The summed E-state index contributed by atoms with van der Waals surface area (Å²) in [6.07, 6.45) is 0. The molecule has 72 valence electrons. The number of nitrogen functional groups attached to an aromatic ring is 1. The average molecular weight is 199 g/mol. The van der Waals surface area contributed by atoms with E-state index in [2.05, 4.69) is 9.27 Å². The van der Waals surface area contributed by atoms with Crippen molar-refractivity contribution in [2.75, 3.05) is 32.0 Å². The third kappa shape index (κ3) is 2.40. The van der Waals surface area contributed by atoms with Gasteiger partial charge in [0.05, 0.1) is 18.9 Å². The molecule has 2 N–H and O–H groups in total. The monoisotopic (exact) mass is 199 g/mol. The Labute approximate surface area is 81.5 Å². The first-order valence-corrected chi connectivity index (χ1v) is 5.13. The van der Waals surface area contributed by atoms with Gasteiger partial charge in [0.25, 0.3) is 0 Å². The van der Waals surface area contributed by atoms with Crippen molar-refractivity contribution < 1.29 is 4.74 Å². The van der Waals surface area contributed by atoms with Gasteiger partial charge in [-0.25, -0.2) is 0 Å². The normalized spacial score (nSPS) is 19.1. The van der Waals surface area contributed by atoms with Gasteiger partial charge in [0, 0.05) is 19.6 Å². The van der Waals surface area contributed by atoms with Gasteiger partial charge in [0.15, 0.2) is 0 Å². The Balaban J connectivity index is 1.89. The molecule has 1 aromatic rings. The predicted molar refractivity (Wildman–Crippen MR) is 52.6 cm³/mol. The predicted octanol–water partition coefficient (Wildman–Crippen LogP) is 0.557. The molecule has 1 aromatic heterocycles. The molecule has 2 heterocycles. The van der Waals surface area contributed by atoms with E-state index in [4.69, 9.17) is 10.5 Å². The van der Waals surface area contributed by atoms with Crippen LogP contribution in [-0.4, -0.2) is 35.6 Å². The largest absolute Gasteiger partial charge is 0.389 e. The third-order valence-electron chi connectivity index (χ3n) is 2.07. The summed E-state index contributed by atoms with van der Waals surface area (Å²) in [4.78, 5) is 2.33. The van der Waals surface area contributed by atoms with Gasteiger partial charge in [-0.3, -0.25) is 4.90 Å². The summed E-state index contributed by atoms with van der Waals surface area (Å²) in [7, 11) is 0. The molecule has 1 fully saturated rings. The van der Waals surface area contributed by atoms with Crippen LogP contribution >= 0.6 is 11.5 Å². The Morgan fingerprint density at radius 1 is 1.54 bits per heavy atom. The number of rotatable bonds is 2. The van der Waals surface area contributed by atoms with Crippen LogP contribution in [0.2, 0.25) is 0 Å². The summed E-state index contributed by atoms with van der Waals surface area (Å²) in [6, 6.07) is 1.94. The maximum Gasteiger partial charge on any atom is 0.107 e. The molecule has 0 aromatic carbocycles. The highest BCUT2D eigenvalue weighted by molar-refractivity contribution is 7.10. The molecule has 1 saturated heterocycles. The van der Waals surface area contributed by atoms with Crippen molar-refractivity contribution in [1.29, 1.82) is 0 Å². The third-order valence-corrected chi connectivity index (χ3v) is 2.72. The second-order valence-electron chi connectivity index (χ2n) is 3.11. The van der Waals surface area contributed by atoms with E-state index in [0.717, 1.165) is 43.5 Å². The highest BCUT2D eigenvalue weighted by atomic mass is 32.1. The zero-order valence-corrected chi connectivity index (χ0v) is 8.22. The fourth-order valence-electron chi connectivity index (χ4n) is 1.39. The first-order valence-electron chi connectivity index (χ1n) is 4.36. The Hall–Kier alpha value is -0.650. The van der Waals surface area contributed by atoms with Crippen molar-refractivity contribution in [2.24, 2.45) is 0 Å². The minimum atomic E-state index is 0.795. The molecule has 0 atom stereocenters. The molecule has 2 rings (SSSR count). The molecular weight excluding hydrogens is 186 g/mol. The summed E-state index contributed by atoms with van der Waals surface area (Å²) in [5, 5.41) is 0.795. The lowest BCUT2D eigenvalue weighted by Gasteiger charge is -2.25. The van der Waals surface area contributed by atoms with Gasteiger partial charge in [-0.15, -0.1) is 0 Å². The van der Waals surface area contributed by atoms with Gasteiger partial charge in [0.1, 0.15) is 5.00 Å². The summed E-state index contributed by atoms with van der Waals surface area (Å²) >= 11 is 1.36. The van der Waals surface area contributed by atoms with Crippen molar-refractivity contribution in [2.45, 2.75) is 6.54 Å². The van der Waals surface area contributed by atoms with Crippen molar-refractivity contribution in [3.63, 3.8) is 0 Å². The van der Waals surface area contributed by atoms with Gasteiger partial charge in [-0.1, -0.05) is 0 Å². The molecule has 0 radical (unpaired) electrons. The summed E-state index contributed by atoms with van der Waals surface area (Å²) < 4.78 is 9.50. The lowest BCUT2D eigenvalue weighted by Crippen LogP contribution is -2.35. The average Bonchev–Trinajstić information content (AvgIpc) is 2.53. The van der Waals surface area contributed by atoms with E-state index in [0.29, 0.717) is 0 Å². The van der Waals surface area contributed by atoms with E-state index in [1.54, 1.807) is 0 Å². The number of morpholine rings is 1. The van der Waals surface area contributed by atoms with E-state index in [9.17, 15) is 0 Å². The van der Waals surface area contributed by atoms with Gasteiger partial charge in [-0.05, 0) is 17.6 Å². The Morgan fingerprint density at radius 3 is 2.92 bits per heavy atom. The Kier molecular flexibility index (Phi) is 2.77. The van der Waals surface area contributed by atoms with Gasteiger partial charge in [0.2, 0.25) is 0 Å². The van der Waals surface area contributed by atoms with Crippen molar-refractivity contribution >= 4 is 16.5 Å². The zero-order valence-electron chi connectivity index (χ0n) is 7.40. The molecule has 0 unspecified atom stereocenters. The second-order valence-corrected chi connectivity index (χ2v) is 3.95. The Morgan fingerprint density at radius 2 is 2.31 bits per heavy atom. The SMILES string of the molecule is Nc1cc(CN2CCOCC2)ns1. The van der Waals surface area contributed by atoms with Crippen molar-refractivity contribution in [3.05, 3.63) is 11.8 Å². The highest BCUT2D eigenvalue weighted by Gasteiger charge is 2.11. The van der Waals surface area contributed by atoms with Gasteiger partial charge >= 0.3 is 0 Å². The number of nitrogens with zero attached hydrogens (tertiary/aromatic N) is 2. The topological polar surface area (TPSA) is 51.4 Å². The number of nitrogens with two attached hydrogens (primary N) is 1. The van der Waals surface area contributed by atoms with Crippen molar-refractivity contribution in [3.8, 4) is 0 Å². The number of aromatic nitrogens is 1. The van der Waals surface area contributed by atoms with E-state index >= 15 is 0 Å². The van der Waals surface area contributed by atoms with Crippen LogP contribution in [0, 0.1) is 0 Å². The summed E-state index contributed by atoms with van der Waals surface area (Å²) in [6.45, 7) is 4.56. The molecule has 1 aliphatic rings.